The van der Waals surface area contributed by atoms with Gasteiger partial charge in [-0.05, 0) is 18.9 Å². The molecule has 3 nitrogen and oxygen atoms in total. The maximum atomic E-state index is 13.4. The Kier molecular flexibility index (Phi) is 5.20. The summed E-state index contributed by atoms with van der Waals surface area (Å²) in [5.41, 5.74) is 4.78. The van der Waals surface area contributed by atoms with Crippen molar-refractivity contribution in [3.8, 4) is 0 Å². The largest absolute Gasteiger partial charge is 0.338 e. The molecule has 19 heavy (non-hydrogen) atoms. The van der Waals surface area contributed by atoms with Gasteiger partial charge in [0, 0.05) is 25.2 Å². The maximum Gasteiger partial charge on any atom is 0.259 e. The van der Waals surface area contributed by atoms with Gasteiger partial charge in [-0.15, -0.1) is 12.4 Å². The minimum Gasteiger partial charge on any atom is -0.338 e. The smallest absolute Gasteiger partial charge is 0.259 e. The number of rotatable bonds is 2. The number of amides is 1. The molecule has 1 unspecified atom stereocenters. The Bertz CT molecular complexity index is 461. The molecule has 0 spiro atoms. The molecule has 0 saturated carbocycles. The van der Waals surface area contributed by atoms with E-state index in [0.717, 1.165) is 0 Å². The first-order valence-electron chi connectivity index (χ1n) is 5.66. The minimum absolute atomic E-state index is 0. The summed E-state index contributed by atoms with van der Waals surface area (Å²) in [6, 6.07) is 1.01. The molecule has 1 aliphatic rings. The Morgan fingerprint density at radius 3 is 2.37 bits per heavy atom. The fraction of sp³-hybridized carbons (Fsp3) is 0.417. The molecule has 7 heteroatoms. The van der Waals surface area contributed by atoms with E-state index < -0.39 is 28.9 Å². The van der Waals surface area contributed by atoms with E-state index in [1.54, 1.807) is 0 Å². The lowest BCUT2D eigenvalue weighted by Gasteiger charge is -2.17. The third-order valence-corrected chi connectivity index (χ3v) is 3.13. The molecule has 0 aliphatic carbocycles. The van der Waals surface area contributed by atoms with Gasteiger partial charge >= 0.3 is 0 Å². The van der Waals surface area contributed by atoms with Crippen LogP contribution >= 0.6 is 12.4 Å². The number of carbonyl (C=O) groups is 1. The third kappa shape index (κ3) is 3.19. The molecule has 1 atom stereocenters. The van der Waals surface area contributed by atoms with Crippen molar-refractivity contribution in [3.05, 3.63) is 35.1 Å². The van der Waals surface area contributed by atoms with E-state index in [-0.39, 0.29) is 18.3 Å². The quantitative estimate of drug-likeness (QED) is 0.906. The highest BCUT2D eigenvalue weighted by Crippen LogP contribution is 2.21. The van der Waals surface area contributed by atoms with Crippen LogP contribution in [0.5, 0.6) is 0 Å². The summed E-state index contributed by atoms with van der Waals surface area (Å²) in [6.45, 7) is 1.22. The van der Waals surface area contributed by atoms with Gasteiger partial charge < -0.3 is 10.6 Å². The van der Waals surface area contributed by atoms with Crippen LogP contribution in [0.15, 0.2) is 12.1 Å². The first-order valence-corrected chi connectivity index (χ1v) is 5.66. The van der Waals surface area contributed by atoms with E-state index in [1.807, 2.05) is 0 Å². The zero-order valence-electron chi connectivity index (χ0n) is 10.0. The Balaban J connectivity index is 0.00000180. The Morgan fingerprint density at radius 1 is 1.32 bits per heavy atom. The maximum absolute atomic E-state index is 13.4. The lowest BCUT2D eigenvalue weighted by atomic mass is 10.1. The molecular formula is C12H14ClF3N2O. The monoisotopic (exact) mass is 294 g/mol. The van der Waals surface area contributed by atoms with E-state index in [9.17, 15) is 18.0 Å². The van der Waals surface area contributed by atoms with Crippen LogP contribution < -0.4 is 5.73 Å². The van der Waals surface area contributed by atoms with Gasteiger partial charge in [-0.1, -0.05) is 0 Å². The van der Waals surface area contributed by atoms with Crippen LogP contribution in [0.1, 0.15) is 16.8 Å². The second-order valence-corrected chi connectivity index (χ2v) is 4.39. The lowest BCUT2D eigenvalue weighted by Crippen LogP contribution is -2.31. The van der Waals surface area contributed by atoms with Crippen LogP contribution in [0.4, 0.5) is 13.2 Å². The fourth-order valence-corrected chi connectivity index (χ4v) is 2.11. The third-order valence-electron chi connectivity index (χ3n) is 3.13. The van der Waals surface area contributed by atoms with E-state index >= 15 is 0 Å². The highest BCUT2D eigenvalue weighted by molar-refractivity contribution is 5.95. The van der Waals surface area contributed by atoms with Gasteiger partial charge in [-0.3, -0.25) is 4.79 Å². The topological polar surface area (TPSA) is 46.3 Å². The molecule has 106 valence electrons. The average Bonchev–Trinajstić information content (AvgIpc) is 2.75. The Labute approximate surface area is 115 Å². The van der Waals surface area contributed by atoms with Gasteiger partial charge in [0.1, 0.15) is 23.0 Å². The Hall–Kier alpha value is -1.27. The number of hydrogen-bond donors (Lipinski definition) is 1. The van der Waals surface area contributed by atoms with Gasteiger partial charge in [-0.2, -0.15) is 0 Å². The molecule has 0 radical (unpaired) electrons. The summed E-state index contributed by atoms with van der Waals surface area (Å²) < 4.78 is 39.6. The number of hydrogen-bond acceptors (Lipinski definition) is 2. The molecule has 1 heterocycles. The molecule has 2 rings (SSSR count). The molecule has 0 bridgehead atoms. The van der Waals surface area contributed by atoms with Crippen LogP contribution in [0.3, 0.4) is 0 Å². The zero-order valence-corrected chi connectivity index (χ0v) is 10.9. The van der Waals surface area contributed by atoms with Crippen molar-refractivity contribution in [1.82, 2.24) is 4.90 Å². The molecule has 0 aromatic heterocycles. The second-order valence-electron chi connectivity index (χ2n) is 4.39. The first-order chi connectivity index (χ1) is 8.52. The average molecular weight is 295 g/mol. The highest BCUT2D eigenvalue weighted by Gasteiger charge is 2.29. The van der Waals surface area contributed by atoms with Crippen molar-refractivity contribution in [2.75, 3.05) is 19.6 Å². The molecule has 1 aromatic carbocycles. The molecule has 2 N–H and O–H groups in total. The van der Waals surface area contributed by atoms with E-state index in [4.69, 9.17) is 5.73 Å². The van der Waals surface area contributed by atoms with E-state index in [2.05, 4.69) is 0 Å². The molecule has 1 aliphatic heterocycles. The second kappa shape index (κ2) is 6.25. The number of nitrogens with two attached hydrogens (primary N) is 1. The predicted molar refractivity (Wildman–Crippen MR) is 66.6 cm³/mol. The Morgan fingerprint density at radius 2 is 1.89 bits per heavy atom. The molecule has 1 saturated heterocycles. The van der Waals surface area contributed by atoms with Crippen LogP contribution in [0.25, 0.3) is 0 Å². The van der Waals surface area contributed by atoms with Gasteiger partial charge in [0.2, 0.25) is 0 Å². The van der Waals surface area contributed by atoms with Gasteiger partial charge in [0.25, 0.3) is 5.91 Å². The van der Waals surface area contributed by atoms with Gasteiger partial charge in [0.15, 0.2) is 0 Å². The SMILES string of the molecule is Cl.NCC1CCN(C(=O)c2c(F)cc(F)cc2F)C1. The molecule has 1 amide bonds. The normalized spacial score (nSPS) is 18.3. The zero-order chi connectivity index (χ0) is 13.3. The summed E-state index contributed by atoms with van der Waals surface area (Å²) in [7, 11) is 0. The minimum atomic E-state index is -1.17. The van der Waals surface area contributed by atoms with Gasteiger partial charge in [-0.25, -0.2) is 13.2 Å². The van der Waals surface area contributed by atoms with Crippen LogP contribution in [-0.4, -0.2) is 30.4 Å². The van der Waals surface area contributed by atoms with Gasteiger partial charge in [0.05, 0.1) is 0 Å². The van der Waals surface area contributed by atoms with E-state index in [1.165, 1.54) is 4.90 Å². The van der Waals surface area contributed by atoms with Crippen LogP contribution in [0.2, 0.25) is 0 Å². The fourth-order valence-electron chi connectivity index (χ4n) is 2.11. The molecule has 1 aromatic rings. The van der Waals surface area contributed by atoms with E-state index in [0.29, 0.717) is 38.2 Å². The number of likely N-dealkylation sites (tertiary alicyclic amines) is 1. The van der Waals surface area contributed by atoms with Crippen molar-refractivity contribution < 1.29 is 18.0 Å². The standard InChI is InChI=1S/C12H13F3N2O.ClH/c13-8-3-9(14)11(10(15)4-8)12(18)17-2-1-7(5-16)6-17;/h3-4,7H,1-2,5-6,16H2;1H. The summed E-state index contributed by atoms with van der Waals surface area (Å²) in [4.78, 5) is 13.3. The summed E-state index contributed by atoms with van der Waals surface area (Å²) >= 11 is 0. The van der Waals surface area contributed by atoms with Crippen LogP contribution in [-0.2, 0) is 0 Å². The number of halogens is 4. The van der Waals surface area contributed by atoms with Crippen molar-refractivity contribution in [2.24, 2.45) is 11.7 Å². The van der Waals surface area contributed by atoms with Crippen molar-refractivity contribution >= 4 is 18.3 Å². The molecule has 1 fully saturated rings. The number of nitrogens with zero attached hydrogens (tertiary/aromatic N) is 1. The first kappa shape index (κ1) is 15.8. The highest BCUT2D eigenvalue weighted by atomic mass is 35.5. The molecular weight excluding hydrogens is 281 g/mol. The van der Waals surface area contributed by atoms with Crippen molar-refractivity contribution in [2.45, 2.75) is 6.42 Å². The van der Waals surface area contributed by atoms with Crippen molar-refractivity contribution in [3.63, 3.8) is 0 Å². The number of carbonyl (C=O) groups excluding carboxylic acids is 1. The summed E-state index contributed by atoms with van der Waals surface area (Å²) in [5, 5.41) is 0. The summed E-state index contributed by atoms with van der Waals surface area (Å²) in [5.74, 6) is -3.98. The predicted octanol–water partition coefficient (Wildman–Crippen LogP) is 1.95. The summed E-state index contributed by atoms with van der Waals surface area (Å²) in [6.07, 6.45) is 0.715. The van der Waals surface area contributed by atoms with Crippen LogP contribution in [0, 0.1) is 23.4 Å². The number of benzene rings is 1. The lowest BCUT2D eigenvalue weighted by molar-refractivity contribution is 0.0777. The van der Waals surface area contributed by atoms with Crippen molar-refractivity contribution in [1.29, 1.82) is 0 Å².